The summed E-state index contributed by atoms with van der Waals surface area (Å²) in [7, 11) is 0. The molecule has 3 heteroatoms. The molecule has 0 aromatic carbocycles. The number of unbranched alkanes of at least 4 members (excludes halogenated alkanes) is 8. The van der Waals surface area contributed by atoms with E-state index in [0.29, 0.717) is 12.5 Å². The van der Waals surface area contributed by atoms with Crippen molar-refractivity contribution in [2.45, 2.75) is 124 Å². The highest BCUT2D eigenvalue weighted by Crippen LogP contribution is 2.26. The highest BCUT2D eigenvalue weighted by atomic mass is 16.9. The lowest BCUT2D eigenvalue weighted by Crippen LogP contribution is -2.40. The molecule has 0 fully saturated rings. The van der Waals surface area contributed by atoms with Gasteiger partial charge in [0.2, 0.25) is 0 Å². The zero-order valence-corrected chi connectivity index (χ0v) is 18.6. The molecule has 0 spiro atoms. The second-order valence-corrected chi connectivity index (χ2v) is 7.99. The van der Waals surface area contributed by atoms with Crippen molar-refractivity contribution in [3.63, 3.8) is 0 Å². The van der Waals surface area contributed by atoms with E-state index in [4.69, 9.17) is 14.2 Å². The van der Waals surface area contributed by atoms with E-state index >= 15 is 0 Å². The van der Waals surface area contributed by atoms with Crippen molar-refractivity contribution < 1.29 is 14.2 Å². The second-order valence-electron chi connectivity index (χ2n) is 7.99. The van der Waals surface area contributed by atoms with Gasteiger partial charge in [-0.2, -0.15) is 0 Å². The molecule has 0 aliphatic heterocycles. The summed E-state index contributed by atoms with van der Waals surface area (Å²) in [6.45, 7) is 13.4. The van der Waals surface area contributed by atoms with Gasteiger partial charge in [0.1, 0.15) is 0 Å². The first-order valence-electron chi connectivity index (χ1n) is 11.5. The minimum Gasteiger partial charge on any atom is -0.327 e. The Labute approximate surface area is 164 Å². The molecule has 3 nitrogen and oxygen atoms in total. The van der Waals surface area contributed by atoms with Crippen LogP contribution in [0.5, 0.6) is 0 Å². The molecule has 1 unspecified atom stereocenters. The van der Waals surface area contributed by atoms with Crippen LogP contribution in [-0.2, 0) is 14.2 Å². The Kier molecular flexibility index (Phi) is 18.2. The van der Waals surface area contributed by atoms with E-state index in [2.05, 4.69) is 34.6 Å². The Balaban J connectivity index is 4.68. The topological polar surface area (TPSA) is 27.7 Å². The molecule has 0 aromatic rings. The standard InChI is InChI=1S/C23H48O3/c1-6-9-12-14-18-23(24-19-15-11-8-3,26-21-17-22(4)5)25-20-16-13-10-7-2/h22H,6-21H2,1-5H3. The van der Waals surface area contributed by atoms with Crippen molar-refractivity contribution in [1.82, 2.24) is 0 Å². The third-order valence-corrected chi connectivity index (χ3v) is 4.74. The third kappa shape index (κ3) is 15.0. The summed E-state index contributed by atoms with van der Waals surface area (Å²) in [4.78, 5) is 0. The summed E-state index contributed by atoms with van der Waals surface area (Å²) in [6, 6.07) is 0. The predicted octanol–water partition coefficient (Wildman–Crippen LogP) is 7.48. The lowest BCUT2D eigenvalue weighted by atomic mass is 10.1. The highest BCUT2D eigenvalue weighted by molar-refractivity contribution is 4.61. The van der Waals surface area contributed by atoms with Gasteiger partial charge in [-0.1, -0.05) is 86.0 Å². The van der Waals surface area contributed by atoms with E-state index in [9.17, 15) is 0 Å². The minimum atomic E-state index is -0.817. The van der Waals surface area contributed by atoms with Crippen LogP contribution in [0.15, 0.2) is 0 Å². The van der Waals surface area contributed by atoms with Crippen LogP contribution in [0.4, 0.5) is 0 Å². The summed E-state index contributed by atoms with van der Waals surface area (Å²) in [6.07, 6.45) is 15.1. The summed E-state index contributed by atoms with van der Waals surface area (Å²) >= 11 is 0. The molecule has 0 rings (SSSR count). The van der Waals surface area contributed by atoms with E-state index in [0.717, 1.165) is 45.3 Å². The molecule has 0 saturated carbocycles. The van der Waals surface area contributed by atoms with Crippen molar-refractivity contribution in [1.29, 1.82) is 0 Å². The summed E-state index contributed by atoms with van der Waals surface area (Å²) in [5.41, 5.74) is 0. The smallest absolute Gasteiger partial charge is 0.282 e. The molecule has 0 bridgehead atoms. The zero-order chi connectivity index (χ0) is 19.5. The fraction of sp³-hybridized carbons (Fsp3) is 1.00. The molecule has 0 saturated heterocycles. The van der Waals surface area contributed by atoms with Gasteiger partial charge in [-0.15, -0.1) is 0 Å². The Hall–Kier alpha value is -0.120. The van der Waals surface area contributed by atoms with Crippen molar-refractivity contribution >= 4 is 0 Å². The molecule has 158 valence electrons. The van der Waals surface area contributed by atoms with Crippen molar-refractivity contribution in [3.05, 3.63) is 0 Å². The summed E-state index contributed by atoms with van der Waals surface area (Å²) in [5, 5.41) is 0. The van der Waals surface area contributed by atoms with E-state index in [1.54, 1.807) is 0 Å². The maximum absolute atomic E-state index is 6.27. The SMILES string of the molecule is CCCCCCOC(CCCCCC)(OCCCCC)OCCC(C)C. The van der Waals surface area contributed by atoms with Crippen LogP contribution in [0.1, 0.15) is 118 Å². The first-order chi connectivity index (χ1) is 12.6. The molecular weight excluding hydrogens is 324 g/mol. The number of rotatable bonds is 20. The minimum absolute atomic E-state index is 0.637. The first-order valence-corrected chi connectivity index (χ1v) is 11.5. The van der Waals surface area contributed by atoms with Crippen LogP contribution >= 0.6 is 0 Å². The fourth-order valence-electron chi connectivity index (χ4n) is 2.90. The Morgan fingerprint density at radius 2 is 1.04 bits per heavy atom. The molecule has 0 radical (unpaired) electrons. The molecule has 0 N–H and O–H groups in total. The summed E-state index contributed by atoms with van der Waals surface area (Å²) in [5.74, 6) is -0.180. The van der Waals surface area contributed by atoms with Crippen LogP contribution < -0.4 is 0 Å². The molecule has 0 aromatic heterocycles. The summed E-state index contributed by atoms with van der Waals surface area (Å²) < 4.78 is 18.8. The zero-order valence-electron chi connectivity index (χ0n) is 18.6. The van der Waals surface area contributed by atoms with Gasteiger partial charge in [0.25, 0.3) is 5.97 Å². The van der Waals surface area contributed by atoms with E-state index in [-0.39, 0.29) is 0 Å². The lowest BCUT2D eigenvalue weighted by molar-refractivity contribution is -0.384. The normalized spacial score (nSPS) is 14.1. The molecular formula is C23H48O3. The van der Waals surface area contributed by atoms with Gasteiger partial charge < -0.3 is 14.2 Å². The molecule has 0 aliphatic rings. The maximum atomic E-state index is 6.27. The van der Waals surface area contributed by atoms with Crippen LogP contribution in [-0.4, -0.2) is 25.8 Å². The number of hydrogen-bond acceptors (Lipinski definition) is 3. The molecule has 26 heavy (non-hydrogen) atoms. The lowest BCUT2D eigenvalue weighted by Gasteiger charge is -2.34. The third-order valence-electron chi connectivity index (χ3n) is 4.74. The molecule has 0 aliphatic carbocycles. The van der Waals surface area contributed by atoms with E-state index in [1.807, 2.05) is 0 Å². The molecule has 1 atom stereocenters. The first kappa shape index (κ1) is 25.9. The fourth-order valence-corrected chi connectivity index (χ4v) is 2.90. The quantitative estimate of drug-likeness (QED) is 0.164. The molecule has 0 heterocycles. The van der Waals surface area contributed by atoms with Crippen molar-refractivity contribution in [2.24, 2.45) is 5.92 Å². The van der Waals surface area contributed by atoms with Gasteiger partial charge in [0, 0.05) is 6.42 Å². The van der Waals surface area contributed by atoms with Gasteiger partial charge in [-0.05, 0) is 31.6 Å². The average molecular weight is 373 g/mol. The monoisotopic (exact) mass is 372 g/mol. The number of ether oxygens (including phenoxy) is 3. The van der Waals surface area contributed by atoms with E-state index in [1.165, 1.54) is 51.4 Å². The Morgan fingerprint density at radius 3 is 1.58 bits per heavy atom. The number of hydrogen-bond donors (Lipinski definition) is 0. The highest BCUT2D eigenvalue weighted by Gasteiger charge is 2.33. The van der Waals surface area contributed by atoms with Crippen LogP contribution in [0.2, 0.25) is 0 Å². The Morgan fingerprint density at radius 1 is 0.577 bits per heavy atom. The van der Waals surface area contributed by atoms with Crippen molar-refractivity contribution in [2.75, 3.05) is 19.8 Å². The van der Waals surface area contributed by atoms with Gasteiger partial charge >= 0.3 is 0 Å². The van der Waals surface area contributed by atoms with Crippen molar-refractivity contribution in [3.8, 4) is 0 Å². The second kappa shape index (κ2) is 18.3. The van der Waals surface area contributed by atoms with Gasteiger partial charge in [0.15, 0.2) is 0 Å². The van der Waals surface area contributed by atoms with Crippen LogP contribution in [0.25, 0.3) is 0 Å². The van der Waals surface area contributed by atoms with Crippen LogP contribution in [0, 0.1) is 5.92 Å². The van der Waals surface area contributed by atoms with Gasteiger partial charge in [0.05, 0.1) is 19.8 Å². The van der Waals surface area contributed by atoms with E-state index < -0.39 is 5.97 Å². The van der Waals surface area contributed by atoms with Gasteiger partial charge in [-0.25, -0.2) is 0 Å². The predicted molar refractivity (Wildman–Crippen MR) is 112 cm³/mol. The average Bonchev–Trinajstić information content (AvgIpc) is 2.62. The Bertz CT molecular complexity index is 267. The maximum Gasteiger partial charge on any atom is 0.282 e. The van der Waals surface area contributed by atoms with Crippen LogP contribution in [0.3, 0.4) is 0 Å². The largest absolute Gasteiger partial charge is 0.327 e. The molecule has 0 amide bonds. The van der Waals surface area contributed by atoms with Gasteiger partial charge in [-0.3, -0.25) is 0 Å².